The van der Waals surface area contributed by atoms with Gasteiger partial charge in [-0.1, -0.05) is 83.9 Å². The molecule has 2 aliphatic heterocycles. The maximum absolute atomic E-state index is 15.4. The zero-order valence-corrected chi connectivity index (χ0v) is 59.5. The number of ether oxygens (including phenoxy) is 3. The van der Waals surface area contributed by atoms with Gasteiger partial charge in [0, 0.05) is 39.8 Å². The third-order valence-corrected chi connectivity index (χ3v) is 17.6. The summed E-state index contributed by atoms with van der Waals surface area (Å²) < 4.78 is 17.3. The number of cyclic esters (lactones) is 1. The number of rotatable bonds is 27. The Labute approximate surface area is 581 Å². The quantitative estimate of drug-likeness (QED) is 0.0293. The molecule has 34 nitrogen and oxygen atoms in total. The number of phenolic OH excluding ortho intramolecular Hbond substituents is 1. The maximum atomic E-state index is 15.4. The van der Waals surface area contributed by atoms with Crippen LogP contribution in [0.3, 0.4) is 0 Å². The number of nitrogens with zero attached hydrogens (tertiary/aromatic N) is 2. The van der Waals surface area contributed by atoms with Crippen LogP contribution in [0.4, 0.5) is 0 Å². The number of benzene rings is 1. The number of nitrogens with one attached hydrogen (secondary N) is 9. The van der Waals surface area contributed by atoms with Gasteiger partial charge in [0.25, 0.3) is 5.91 Å². The minimum atomic E-state index is -2.46. The molecule has 0 saturated carbocycles. The molecule has 2 aliphatic rings. The number of aliphatic hydroxyl groups is 4. The maximum Gasteiger partial charge on any atom is 0.329 e. The van der Waals surface area contributed by atoms with E-state index in [1.54, 1.807) is 6.92 Å². The zero-order chi connectivity index (χ0) is 76.0. The van der Waals surface area contributed by atoms with Crippen molar-refractivity contribution in [3.05, 3.63) is 53.6 Å². The molecule has 0 spiro atoms. The predicted molar refractivity (Wildman–Crippen MR) is 359 cm³/mol. The molecular formula is C66H105N13O21. The standard InChI is InChI=1S/C66H105N13O21/c1-16-32(4)27-33(5)20-25-44(83)66(12,97)65(96)70-29-46(85)73-49(38(10)80)59(90)75-48(36(8)67)58(89)74-47(34(6)35(7)55(68)86)57(88)76-50-53(31(2)3)100-64(95)43-19-17-18-26-79(43)63(94)51(54(99-15)40-21-23-41(82)24-22-40)77-61(92)52(39(11)81)78(13)62(93)37(9)71-45(84)28-69-56(87)42(30-98-14)72-60(50)91/h20-25,27,31-32,34-39,42-44,47-54,80-83,97H,16-19,26,28-30,67H2,1-15H3,(H2,68,86)(H,69,87)(H,70,96)(H,71,84)(H,72,91)(H,73,85)(H,74,89)(H,75,90)(H,76,88)(H,77,92)/b25-20-,33-27+/t32?,34-,35+,36-,37-,38+,39+,42+,43-,44?,47-,48-,49+,50+,51?,52+,53+,54?,66?/m0/s1. The highest BCUT2D eigenvalue weighted by atomic mass is 16.5. The molecular weight excluding hydrogens is 1310 g/mol. The van der Waals surface area contributed by atoms with Crippen molar-refractivity contribution in [2.75, 3.05) is 47.5 Å². The first-order chi connectivity index (χ1) is 46.7. The van der Waals surface area contributed by atoms with Crippen molar-refractivity contribution < 1.29 is 102 Å². The summed E-state index contributed by atoms with van der Waals surface area (Å²) >= 11 is 0. The fraction of sp³-hybridized carbons (Fsp3) is 0.652. The SMILES string of the molecule is CCC(C)/C=C(C)/C=C\C(O)C(C)(O)C(=O)NCC(=O)N[C@@H](C(=O)N[C@H](C(=O)N[C@H](C(=O)N[C@H]1C(=O)N[C@H](COC)C(=O)NCC(=O)N[C@@H](C)C(=O)N(C)[C@H]([C@@H](C)O)C(=O)NC(C(OC)c2ccc(O)cc2)C(=O)N2CCCC[C@H]2C(=O)O[C@@H]1C(C)C)[C@@H](C)[C@@H](C)C(N)=O)[C@H](C)N)[C@@H](C)O. The number of hydrogen-bond acceptors (Lipinski definition) is 22. The molecule has 560 valence electrons. The Bertz CT molecular complexity index is 3110. The van der Waals surface area contributed by atoms with Gasteiger partial charge in [0.2, 0.25) is 65.0 Å². The van der Waals surface area contributed by atoms with Crippen LogP contribution in [0, 0.1) is 23.7 Å². The molecule has 3 rings (SSSR count). The summed E-state index contributed by atoms with van der Waals surface area (Å²) in [5.74, 6) is -18.1. The molecule has 18 N–H and O–H groups in total. The molecule has 12 amide bonds. The van der Waals surface area contributed by atoms with Gasteiger partial charge in [0.1, 0.15) is 78.4 Å². The smallest absolute Gasteiger partial charge is 0.329 e. The Balaban J connectivity index is 2.19. The first-order valence-corrected chi connectivity index (χ1v) is 33.1. The highest BCUT2D eigenvalue weighted by molar-refractivity contribution is 6.00. The van der Waals surface area contributed by atoms with Gasteiger partial charge < -0.3 is 109 Å². The number of methoxy groups -OCH3 is 2. The summed E-state index contributed by atoms with van der Waals surface area (Å²) in [7, 11) is 3.53. The number of phenols is 1. The van der Waals surface area contributed by atoms with Gasteiger partial charge in [-0.25, -0.2) is 4.79 Å². The Morgan fingerprint density at radius 3 is 1.98 bits per heavy atom. The number of piperidine rings is 1. The molecule has 0 bridgehead atoms. The largest absolute Gasteiger partial charge is 0.508 e. The summed E-state index contributed by atoms with van der Waals surface area (Å²) in [4.78, 5) is 187. The molecule has 0 radical (unpaired) electrons. The fourth-order valence-corrected chi connectivity index (χ4v) is 11.1. The van der Waals surface area contributed by atoms with Crippen molar-refractivity contribution in [3.63, 3.8) is 0 Å². The second-order valence-corrected chi connectivity index (χ2v) is 26.2. The number of fused-ring (bicyclic) bond motifs is 1. The van der Waals surface area contributed by atoms with E-state index in [4.69, 9.17) is 25.7 Å². The van der Waals surface area contributed by atoms with Gasteiger partial charge >= 0.3 is 5.97 Å². The average Bonchev–Trinajstić information content (AvgIpc) is 0.796. The molecule has 0 aliphatic carbocycles. The molecule has 19 atom stereocenters. The number of primary amides is 1. The number of carbonyl (C=O) groups excluding carboxylic acids is 13. The number of hydrogen-bond donors (Lipinski definition) is 16. The van der Waals surface area contributed by atoms with Gasteiger partial charge in [-0.15, -0.1) is 0 Å². The molecule has 0 aromatic heterocycles. The highest BCUT2D eigenvalue weighted by Gasteiger charge is 2.47. The summed E-state index contributed by atoms with van der Waals surface area (Å²) in [6, 6.07) is -12.0. The van der Waals surface area contributed by atoms with E-state index >= 15 is 19.2 Å². The minimum absolute atomic E-state index is 0.0921. The number of amides is 12. The summed E-state index contributed by atoms with van der Waals surface area (Å²) in [6.45, 7) is 14.6. The van der Waals surface area contributed by atoms with E-state index in [2.05, 4.69) is 47.9 Å². The van der Waals surface area contributed by atoms with Gasteiger partial charge in [0.05, 0.1) is 31.9 Å². The van der Waals surface area contributed by atoms with E-state index in [9.17, 15) is 68.7 Å². The first kappa shape index (κ1) is 85.6. The molecule has 100 heavy (non-hydrogen) atoms. The van der Waals surface area contributed by atoms with E-state index in [-0.39, 0.29) is 36.6 Å². The summed E-state index contributed by atoms with van der Waals surface area (Å²) in [5, 5.41) is 75.2. The zero-order valence-electron chi connectivity index (χ0n) is 59.5. The number of allylic oxidation sites excluding steroid dienone is 3. The van der Waals surface area contributed by atoms with Crippen LogP contribution in [-0.2, 0) is 76.5 Å². The van der Waals surface area contributed by atoms with Crippen molar-refractivity contribution >= 4 is 76.9 Å². The molecule has 1 aromatic carbocycles. The van der Waals surface area contributed by atoms with Crippen LogP contribution in [0.25, 0.3) is 0 Å². The number of nitrogens with two attached hydrogens (primary N) is 2. The molecule has 2 saturated heterocycles. The number of carbonyl (C=O) groups is 13. The fourth-order valence-electron chi connectivity index (χ4n) is 11.1. The monoisotopic (exact) mass is 1420 g/mol. The number of aliphatic hydroxyl groups excluding tert-OH is 3. The van der Waals surface area contributed by atoms with Crippen molar-refractivity contribution in [1.29, 1.82) is 0 Å². The van der Waals surface area contributed by atoms with Crippen LogP contribution in [-0.4, -0.2) is 250 Å². The van der Waals surface area contributed by atoms with Crippen molar-refractivity contribution in [1.82, 2.24) is 57.7 Å². The lowest BCUT2D eigenvalue weighted by molar-refractivity contribution is -0.168. The Kier molecular flexibility index (Phi) is 33.7. The van der Waals surface area contributed by atoms with E-state index < -0.39 is 211 Å². The van der Waals surface area contributed by atoms with Crippen LogP contribution < -0.4 is 59.3 Å². The van der Waals surface area contributed by atoms with Gasteiger partial charge in [-0.3, -0.25) is 57.5 Å². The van der Waals surface area contributed by atoms with E-state index in [1.807, 2.05) is 19.9 Å². The molecule has 2 fully saturated rings. The van der Waals surface area contributed by atoms with Crippen LogP contribution in [0.15, 0.2) is 48.1 Å². The predicted octanol–water partition coefficient (Wildman–Crippen LogP) is -4.31. The van der Waals surface area contributed by atoms with Crippen molar-refractivity contribution in [2.24, 2.45) is 35.1 Å². The molecule has 2 heterocycles. The Morgan fingerprint density at radius 2 is 1.43 bits per heavy atom. The normalized spacial score (nSPS) is 24.5. The third kappa shape index (κ3) is 24.0. The van der Waals surface area contributed by atoms with Crippen LogP contribution in [0.5, 0.6) is 5.75 Å². The summed E-state index contributed by atoms with van der Waals surface area (Å²) in [6.07, 6.45) is -2.32. The van der Waals surface area contributed by atoms with E-state index in [1.165, 1.54) is 92.0 Å². The third-order valence-electron chi connectivity index (χ3n) is 17.6. The molecule has 34 heteroatoms. The van der Waals surface area contributed by atoms with E-state index in [0.717, 1.165) is 49.8 Å². The van der Waals surface area contributed by atoms with Gasteiger partial charge in [-0.2, -0.15) is 0 Å². The second-order valence-electron chi connectivity index (χ2n) is 26.2. The van der Waals surface area contributed by atoms with Gasteiger partial charge in [-0.05, 0) is 96.3 Å². The lowest BCUT2D eigenvalue weighted by atomic mass is 9.87. The lowest BCUT2D eigenvalue weighted by Crippen LogP contribution is -2.66. The second kappa shape index (κ2) is 39.4. The van der Waals surface area contributed by atoms with Crippen LogP contribution in [0.2, 0.25) is 0 Å². The average molecular weight is 1420 g/mol. The lowest BCUT2D eigenvalue weighted by Gasteiger charge is -2.40. The van der Waals surface area contributed by atoms with E-state index in [0.29, 0.717) is 6.42 Å². The highest BCUT2D eigenvalue weighted by Crippen LogP contribution is 2.29. The first-order valence-electron chi connectivity index (χ1n) is 33.1. The molecule has 1 aromatic rings. The number of aromatic hydroxyl groups is 1. The Hall–Kier alpha value is -8.67. The van der Waals surface area contributed by atoms with Crippen molar-refractivity contribution in [3.8, 4) is 5.75 Å². The minimum Gasteiger partial charge on any atom is -0.508 e. The molecule has 5 unspecified atom stereocenters. The number of likely N-dealkylation sites (N-methyl/N-ethyl adjacent to an activating group) is 1. The van der Waals surface area contributed by atoms with Crippen molar-refractivity contribution in [2.45, 2.75) is 205 Å². The van der Waals surface area contributed by atoms with Crippen LogP contribution >= 0.6 is 0 Å². The van der Waals surface area contributed by atoms with Gasteiger partial charge in [0.15, 0.2) is 5.60 Å². The van der Waals surface area contributed by atoms with Crippen LogP contribution in [0.1, 0.15) is 120 Å². The summed E-state index contributed by atoms with van der Waals surface area (Å²) in [5.41, 5.74) is 10.5. The topological polar surface area (TPSA) is 518 Å². The Morgan fingerprint density at radius 1 is 0.820 bits per heavy atom. The number of esters is 1.